The van der Waals surface area contributed by atoms with Crippen molar-refractivity contribution in [3.05, 3.63) is 29.3 Å². The number of carbonyl (C=O) groups is 2. The van der Waals surface area contributed by atoms with Crippen LogP contribution in [0.25, 0.3) is 0 Å². The fraction of sp³-hybridized carbons (Fsp3) is 0.467. The highest BCUT2D eigenvalue weighted by Crippen LogP contribution is 2.17. The number of amides is 2. The Morgan fingerprint density at radius 3 is 2.67 bits per heavy atom. The van der Waals surface area contributed by atoms with Crippen molar-refractivity contribution in [3.63, 3.8) is 0 Å². The van der Waals surface area contributed by atoms with Gasteiger partial charge in [-0.05, 0) is 38.6 Å². The average Bonchev–Trinajstić information content (AvgIpc) is 2.40. The monoisotopic (exact) mass is 291 g/mol. The molecule has 6 heteroatoms. The van der Waals surface area contributed by atoms with Crippen molar-refractivity contribution in [1.82, 2.24) is 9.80 Å². The minimum absolute atomic E-state index is 0.133. The third kappa shape index (κ3) is 3.52. The number of rotatable bonds is 2. The van der Waals surface area contributed by atoms with E-state index >= 15 is 0 Å². The van der Waals surface area contributed by atoms with Gasteiger partial charge >= 0.3 is 12.0 Å². The summed E-state index contributed by atoms with van der Waals surface area (Å²) in [5.74, 6) is -0.989. The lowest BCUT2D eigenvalue weighted by Gasteiger charge is -2.38. The molecule has 0 saturated carbocycles. The Hall–Kier alpha value is -2.08. The lowest BCUT2D eigenvalue weighted by atomic mass is 10.1. The van der Waals surface area contributed by atoms with E-state index < -0.39 is 5.97 Å². The number of piperazine rings is 1. The molecule has 114 valence electrons. The predicted molar refractivity (Wildman–Crippen MR) is 80.8 cm³/mol. The summed E-state index contributed by atoms with van der Waals surface area (Å²) < 4.78 is 0. The first-order valence-electron chi connectivity index (χ1n) is 6.98. The Morgan fingerprint density at radius 2 is 2.05 bits per heavy atom. The number of benzene rings is 1. The van der Waals surface area contributed by atoms with Gasteiger partial charge < -0.3 is 20.2 Å². The predicted octanol–water partition coefficient (Wildman–Crippen LogP) is 1.86. The number of likely N-dealkylation sites (N-methyl/N-ethyl adjacent to an activating group) is 1. The van der Waals surface area contributed by atoms with Crippen molar-refractivity contribution >= 4 is 17.7 Å². The Morgan fingerprint density at radius 1 is 1.33 bits per heavy atom. The lowest BCUT2D eigenvalue weighted by Crippen LogP contribution is -2.53. The maximum absolute atomic E-state index is 12.3. The molecule has 1 aromatic rings. The van der Waals surface area contributed by atoms with Gasteiger partial charge in [-0.1, -0.05) is 6.07 Å². The minimum Gasteiger partial charge on any atom is -0.478 e. The first kappa shape index (κ1) is 15.3. The van der Waals surface area contributed by atoms with E-state index in [2.05, 4.69) is 10.2 Å². The van der Waals surface area contributed by atoms with Crippen molar-refractivity contribution in [1.29, 1.82) is 0 Å². The molecule has 2 amide bonds. The van der Waals surface area contributed by atoms with Gasteiger partial charge in [0.1, 0.15) is 0 Å². The van der Waals surface area contributed by atoms with E-state index in [4.69, 9.17) is 5.11 Å². The Balaban J connectivity index is 2.09. The normalized spacial score (nSPS) is 19.4. The zero-order chi connectivity index (χ0) is 15.6. The van der Waals surface area contributed by atoms with Crippen LogP contribution in [0.15, 0.2) is 18.2 Å². The highest BCUT2D eigenvalue weighted by molar-refractivity contribution is 5.94. The Bertz CT molecular complexity index is 559. The zero-order valence-electron chi connectivity index (χ0n) is 12.6. The molecule has 0 aliphatic carbocycles. The van der Waals surface area contributed by atoms with Gasteiger partial charge in [0.2, 0.25) is 0 Å². The number of hydrogen-bond acceptors (Lipinski definition) is 3. The SMILES string of the molecule is Cc1ccc(NC(=O)N2CCN(C)CC2C)cc1C(=O)O. The number of nitrogens with zero attached hydrogens (tertiary/aromatic N) is 2. The second-order valence-electron chi connectivity index (χ2n) is 5.57. The molecule has 6 nitrogen and oxygen atoms in total. The van der Waals surface area contributed by atoms with Crippen molar-refractivity contribution < 1.29 is 14.7 Å². The second kappa shape index (κ2) is 6.13. The summed E-state index contributed by atoms with van der Waals surface area (Å²) in [5.41, 5.74) is 1.39. The molecule has 0 bridgehead atoms. The van der Waals surface area contributed by atoms with E-state index in [1.165, 1.54) is 6.07 Å². The number of aromatic carboxylic acids is 1. The highest BCUT2D eigenvalue weighted by atomic mass is 16.4. The maximum Gasteiger partial charge on any atom is 0.336 e. The van der Waals surface area contributed by atoms with Crippen LogP contribution in [0.3, 0.4) is 0 Å². The largest absolute Gasteiger partial charge is 0.478 e. The summed E-state index contributed by atoms with van der Waals surface area (Å²) in [7, 11) is 2.03. The standard InChI is InChI=1S/C15H21N3O3/c1-10-4-5-12(8-13(10)14(19)20)16-15(21)18-7-6-17(3)9-11(18)2/h4-5,8,11H,6-7,9H2,1-3H3,(H,16,21)(H,19,20). The molecule has 1 fully saturated rings. The van der Waals surface area contributed by atoms with Crippen LogP contribution >= 0.6 is 0 Å². The third-order valence-corrected chi connectivity index (χ3v) is 3.81. The van der Waals surface area contributed by atoms with Gasteiger partial charge in [0.05, 0.1) is 5.56 Å². The Labute approximate surface area is 124 Å². The van der Waals surface area contributed by atoms with Crippen LogP contribution in [0.5, 0.6) is 0 Å². The maximum atomic E-state index is 12.3. The Kier molecular flexibility index (Phi) is 4.47. The molecule has 2 N–H and O–H groups in total. The number of nitrogens with one attached hydrogen (secondary N) is 1. The summed E-state index contributed by atoms with van der Waals surface area (Å²) in [6.45, 7) is 6.08. The van der Waals surface area contributed by atoms with Gasteiger partial charge in [-0.3, -0.25) is 0 Å². The van der Waals surface area contributed by atoms with Crippen LogP contribution in [0, 0.1) is 6.92 Å². The van der Waals surface area contributed by atoms with Crippen molar-refractivity contribution in [2.75, 3.05) is 32.0 Å². The fourth-order valence-corrected chi connectivity index (χ4v) is 2.57. The molecule has 1 heterocycles. The number of carbonyl (C=O) groups excluding carboxylic acids is 1. The van der Waals surface area contributed by atoms with Gasteiger partial charge in [0.15, 0.2) is 0 Å². The lowest BCUT2D eigenvalue weighted by molar-refractivity contribution is 0.0696. The molecule has 1 aliphatic heterocycles. The van der Waals surface area contributed by atoms with E-state index in [9.17, 15) is 9.59 Å². The summed E-state index contributed by atoms with van der Waals surface area (Å²) in [5, 5.41) is 11.9. The second-order valence-corrected chi connectivity index (χ2v) is 5.57. The number of anilines is 1. The van der Waals surface area contributed by atoms with E-state index in [0.717, 1.165) is 13.1 Å². The molecule has 1 saturated heterocycles. The van der Waals surface area contributed by atoms with Gasteiger partial charge in [0, 0.05) is 31.4 Å². The van der Waals surface area contributed by atoms with Gasteiger partial charge in [-0.15, -0.1) is 0 Å². The van der Waals surface area contributed by atoms with Crippen molar-refractivity contribution in [2.45, 2.75) is 19.9 Å². The molecule has 1 atom stereocenters. The van der Waals surface area contributed by atoms with Crippen LogP contribution in [0.2, 0.25) is 0 Å². The molecule has 2 rings (SSSR count). The summed E-state index contributed by atoms with van der Waals surface area (Å²) in [6.07, 6.45) is 0. The first-order valence-corrected chi connectivity index (χ1v) is 6.98. The first-order chi connectivity index (χ1) is 9.88. The highest BCUT2D eigenvalue weighted by Gasteiger charge is 2.25. The van der Waals surface area contributed by atoms with Gasteiger partial charge in [0.25, 0.3) is 0 Å². The van der Waals surface area contributed by atoms with Crippen LogP contribution < -0.4 is 5.32 Å². The minimum atomic E-state index is -0.989. The zero-order valence-corrected chi connectivity index (χ0v) is 12.6. The number of aryl methyl sites for hydroxylation is 1. The smallest absolute Gasteiger partial charge is 0.336 e. The summed E-state index contributed by atoms with van der Waals surface area (Å²) in [6, 6.07) is 4.87. The van der Waals surface area contributed by atoms with Gasteiger partial charge in [-0.25, -0.2) is 9.59 Å². The molecule has 0 radical (unpaired) electrons. The molecule has 1 aliphatic rings. The van der Waals surface area contributed by atoms with Crippen LogP contribution in [-0.2, 0) is 0 Å². The summed E-state index contributed by atoms with van der Waals surface area (Å²) in [4.78, 5) is 27.4. The fourth-order valence-electron chi connectivity index (χ4n) is 2.57. The van der Waals surface area contributed by atoms with Crippen LogP contribution in [-0.4, -0.2) is 59.6 Å². The molecular weight excluding hydrogens is 270 g/mol. The third-order valence-electron chi connectivity index (χ3n) is 3.81. The number of hydrogen-bond donors (Lipinski definition) is 2. The van der Waals surface area contributed by atoms with Crippen LogP contribution in [0.1, 0.15) is 22.8 Å². The van der Waals surface area contributed by atoms with Crippen LogP contribution in [0.4, 0.5) is 10.5 Å². The van der Waals surface area contributed by atoms with E-state index in [1.54, 1.807) is 24.0 Å². The number of carboxylic acids is 1. The van der Waals surface area contributed by atoms with E-state index in [1.807, 2.05) is 14.0 Å². The molecule has 0 spiro atoms. The molecular formula is C15H21N3O3. The quantitative estimate of drug-likeness (QED) is 0.872. The summed E-state index contributed by atoms with van der Waals surface area (Å²) >= 11 is 0. The van der Waals surface area contributed by atoms with E-state index in [0.29, 0.717) is 17.8 Å². The molecule has 21 heavy (non-hydrogen) atoms. The molecule has 1 unspecified atom stereocenters. The molecule has 0 aromatic heterocycles. The number of urea groups is 1. The van der Waals surface area contributed by atoms with Crippen molar-refractivity contribution in [2.24, 2.45) is 0 Å². The topological polar surface area (TPSA) is 72.9 Å². The van der Waals surface area contributed by atoms with Gasteiger partial charge in [-0.2, -0.15) is 0 Å². The van der Waals surface area contributed by atoms with Crippen molar-refractivity contribution in [3.8, 4) is 0 Å². The number of carboxylic acid groups (broad SMARTS) is 1. The van der Waals surface area contributed by atoms with E-state index in [-0.39, 0.29) is 17.6 Å². The molecule has 1 aromatic carbocycles. The average molecular weight is 291 g/mol.